The summed E-state index contributed by atoms with van der Waals surface area (Å²) in [5.74, 6) is -0.226. The molecule has 0 aliphatic carbocycles. The maximum absolute atomic E-state index is 12.5. The van der Waals surface area contributed by atoms with Crippen LogP contribution in [-0.4, -0.2) is 26.3 Å². The summed E-state index contributed by atoms with van der Waals surface area (Å²) in [6, 6.07) is 8.04. The lowest BCUT2D eigenvalue weighted by molar-refractivity contribution is 0.0986. The molecule has 1 atom stereocenters. The Bertz CT molecular complexity index is 746. The Morgan fingerprint density at radius 1 is 1.27 bits per heavy atom. The number of aryl methyl sites for hydroxylation is 1. The maximum atomic E-state index is 12.5. The summed E-state index contributed by atoms with van der Waals surface area (Å²) in [6.45, 7) is 1.93. The molecule has 0 spiro atoms. The zero-order valence-electron chi connectivity index (χ0n) is 12.3. The number of carbonyl (C=O) groups excluding carboxylic acids is 1. The van der Waals surface area contributed by atoms with Crippen LogP contribution in [0.3, 0.4) is 0 Å². The summed E-state index contributed by atoms with van der Waals surface area (Å²) < 4.78 is 11.5. The molecule has 1 unspecified atom stereocenters. The van der Waals surface area contributed by atoms with E-state index in [1.807, 2.05) is 6.92 Å². The number of carbonyl (C=O) groups is 1. The molecule has 2 aromatic rings. The number of nitrogens with zero attached hydrogens (tertiary/aromatic N) is 1. The Morgan fingerprint density at radius 2 is 2.00 bits per heavy atom. The van der Waals surface area contributed by atoms with Crippen LogP contribution >= 0.6 is 11.6 Å². The third kappa shape index (κ3) is 3.72. The quantitative estimate of drug-likeness (QED) is 0.672. The number of ketones is 1. The highest BCUT2D eigenvalue weighted by Gasteiger charge is 2.16. The highest BCUT2D eigenvalue weighted by molar-refractivity contribution is 7.84. The van der Waals surface area contributed by atoms with Gasteiger partial charge in [-0.2, -0.15) is 0 Å². The minimum Gasteiger partial charge on any atom is -0.508 e. The van der Waals surface area contributed by atoms with Gasteiger partial charge in [0.1, 0.15) is 16.6 Å². The van der Waals surface area contributed by atoms with Gasteiger partial charge in [-0.15, -0.1) is 0 Å². The molecule has 0 aliphatic heterocycles. The molecule has 1 aromatic carbocycles. The Balaban J connectivity index is 2.35. The molecule has 0 amide bonds. The zero-order chi connectivity index (χ0) is 16.3. The molecular formula is C16H16ClNO3S. The van der Waals surface area contributed by atoms with Gasteiger partial charge in [-0.25, -0.2) is 4.98 Å². The summed E-state index contributed by atoms with van der Waals surface area (Å²) in [7, 11) is -1.18. The van der Waals surface area contributed by atoms with E-state index in [0.29, 0.717) is 22.6 Å². The summed E-state index contributed by atoms with van der Waals surface area (Å²) >= 11 is 5.87. The predicted molar refractivity (Wildman–Crippen MR) is 87.1 cm³/mol. The highest BCUT2D eigenvalue weighted by Crippen LogP contribution is 2.23. The maximum Gasteiger partial charge on any atom is 0.186 e. The fraction of sp³-hybridized carbons (Fsp3) is 0.250. The van der Waals surface area contributed by atoms with E-state index in [1.165, 1.54) is 6.07 Å². The van der Waals surface area contributed by atoms with Crippen molar-refractivity contribution in [2.75, 3.05) is 6.26 Å². The molecule has 2 rings (SSSR count). The highest BCUT2D eigenvalue weighted by atomic mass is 35.5. The van der Waals surface area contributed by atoms with E-state index in [4.69, 9.17) is 11.6 Å². The molecule has 0 saturated heterocycles. The molecule has 1 N–H and O–H groups in total. The Kier molecular flexibility index (Phi) is 5.32. The third-order valence-electron chi connectivity index (χ3n) is 3.32. The average molecular weight is 338 g/mol. The van der Waals surface area contributed by atoms with Crippen LogP contribution in [0, 0.1) is 0 Å². The topological polar surface area (TPSA) is 67.3 Å². The lowest BCUT2D eigenvalue weighted by Crippen LogP contribution is -2.10. The lowest BCUT2D eigenvalue weighted by Gasteiger charge is -2.09. The van der Waals surface area contributed by atoms with E-state index < -0.39 is 10.8 Å². The van der Waals surface area contributed by atoms with Crippen molar-refractivity contribution in [3.05, 3.63) is 52.3 Å². The third-order valence-corrected chi connectivity index (χ3v) is 4.45. The van der Waals surface area contributed by atoms with E-state index in [9.17, 15) is 14.1 Å². The number of benzene rings is 1. The number of phenolic OH excluding ortho intramolecular Hbond substituents is 1. The number of phenols is 1. The Morgan fingerprint density at radius 3 is 2.64 bits per heavy atom. The van der Waals surface area contributed by atoms with Crippen LogP contribution in [0.15, 0.2) is 35.2 Å². The normalized spacial score (nSPS) is 12.1. The van der Waals surface area contributed by atoms with Gasteiger partial charge in [0.15, 0.2) is 5.78 Å². The van der Waals surface area contributed by atoms with Crippen LogP contribution < -0.4 is 0 Å². The van der Waals surface area contributed by atoms with Gasteiger partial charge in [0.25, 0.3) is 0 Å². The molecule has 116 valence electrons. The molecule has 0 aliphatic rings. The number of hydrogen-bond donors (Lipinski definition) is 1. The largest absolute Gasteiger partial charge is 0.508 e. The Labute approximate surface area is 136 Å². The number of aromatic hydroxyl groups is 1. The molecule has 0 bridgehead atoms. The van der Waals surface area contributed by atoms with Gasteiger partial charge in [0.2, 0.25) is 0 Å². The second-order valence-electron chi connectivity index (χ2n) is 4.84. The predicted octanol–water partition coefficient (Wildman–Crippen LogP) is 3.17. The number of aromatic nitrogens is 1. The van der Waals surface area contributed by atoms with Crippen molar-refractivity contribution in [3.63, 3.8) is 0 Å². The van der Waals surface area contributed by atoms with E-state index in [-0.39, 0.29) is 23.1 Å². The standard InChI is InChI=1S/C16H16ClNO3S/c1-3-10-4-7-15(17)18-16(10)14(20)9-11-8-12(22(2)21)5-6-13(11)19/h4-8,19H,3,9H2,1-2H3. The SMILES string of the molecule is CCc1ccc(Cl)nc1C(=O)Cc1cc(S(C)=O)ccc1O. The molecule has 1 aromatic heterocycles. The van der Waals surface area contributed by atoms with Crippen molar-refractivity contribution < 1.29 is 14.1 Å². The molecular weight excluding hydrogens is 322 g/mol. The fourth-order valence-corrected chi connectivity index (χ4v) is 2.85. The fourth-order valence-electron chi connectivity index (χ4n) is 2.13. The van der Waals surface area contributed by atoms with Gasteiger partial charge in [-0.05, 0) is 36.2 Å². The monoisotopic (exact) mass is 337 g/mol. The minimum atomic E-state index is -1.18. The van der Waals surface area contributed by atoms with Crippen LogP contribution in [0.25, 0.3) is 0 Å². The van der Waals surface area contributed by atoms with Crippen LogP contribution in [0.1, 0.15) is 28.5 Å². The van der Waals surface area contributed by atoms with E-state index in [2.05, 4.69) is 4.98 Å². The molecule has 6 heteroatoms. The van der Waals surface area contributed by atoms with Crippen LogP contribution in [-0.2, 0) is 23.6 Å². The molecule has 0 saturated carbocycles. The number of hydrogen-bond acceptors (Lipinski definition) is 4. The first-order valence-electron chi connectivity index (χ1n) is 6.76. The molecule has 22 heavy (non-hydrogen) atoms. The van der Waals surface area contributed by atoms with Crippen molar-refractivity contribution in [2.45, 2.75) is 24.7 Å². The van der Waals surface area contributed by atoms with Gasteiger partial charge in [0.05, 0.1) is 0 Å². The first-order chi connectivity index (χ1) is 10.4. The van der Waals surface area contributed by atoms with E-state index in [1.54, 1.807) is 30.5 Å². The number of Topliss-reactive ketones (excluding diaryl/α,β-unsaturated/α-hetero) is 1. The first-order valence-corrected chi connectivity index (χ1v) is 8.70. The second-order valence-corrected chi connectivity index (χ2v) is 6.61. The summed E-state index contributed by atoms with van der Waals surface area (Å²) in [4.78, 5) is 17.1. The van der Waals surface area contributed by atoms with Crippen LogP contribution in [0.2, 0.25) is 5.15 Å². The Hall–Kier alpha value is -1.72. The van der Waals surface area contributed by atoms with E-state index >= 15 is 0 Å². The van der Waals surface area contributed by atoms with Crippen molar-refractivity contribution in [1.29, 1.82) is 0 Å². The van der Waals surface area contributed by atoms with Crippen molar-refractivity contribution in [3.8, 4) is 5.75 Å². The lowest BCUT2D eigenvalue weighted by atomic mass is 10.0. The molecule has 1 heterocycles. The van der Waals surface area contributed by atoms with Gasteiger partial charge in [-0.3, -0.25) is 9.00 Å². The first kappa shape index (κ1) is 16.6. The summed E-state index contributed by atoms with van der Waals surface area (Å²) in [5, 5.41) is 10.2. The van der Waals surface area contributed by atoms with Gasteiger partial charge < -0.3 is 5.11 Å². The summed E-state index contributed by atoms with van der Waals surface area (Å²) in [5.41, 5.74) is 1.56. The van der Waals surface area contributed by atoms with Gasteiger partial charge in [-0.1, -0.05) is 24.6 Å². The zero-order valence-corrected chi connectivity index (χ0v) is 13.9. The summed E-state index contributed by atoms with van der Waals surface area (Å²) in [6.07, 6.45) is 2.19. The minimum absolute atomic E-state index is 0.00243. The average Bonchev–Trinajstić information content (AvgIpc) is 2.49. The molecule has 0 radical (unpaired) electrons. The number of rotatable bonds is 5. The number of pyridine rings is 1. The second kappa shape index (κ2) is 7.03. The molecule has 4 nitrogen and oxygen atoms in total. The molecule has 0 fully saturated rings. The van der Waals surface area contributed by atoms with Crippen molar-refractivity contribution in [1.82, 2.24) is 4.98 Å². The van der Waals surface area contributed by atoms with Crippen molar-refractivity contribution >= 4 is 28.2 Å². The smallest absolute Gasteiger partial charge is 0.186 e. The number of halogens is 1. The van der Waals surface area contributed by atoms with Gasteiger partial charge in [0, 0.05) is 33.9 Å². The van der Waals surface area contributed by atoms with E-state index in [0.717, 1.165) is 5.56 Å². The van der Waals surface area contributed by atoms with Crippen molar-refractivity contribution in [2.24, 2.45) is 0 Å². The van der Waals surface area contributed by atoms with Crippen LogP contribution in [0.4, 0.5) is 0 Å². The van der Waals surface area contributed by atoms with Gasteiger partial charge >= 0.3 is 0 Å². The van der Waals surface area contributed by atoms with Crippen LogP contribution in [0.5, 0.6) is 5.75 Å².